The molecule has 1 aromatic rings. The van der Waals surface area contributed by atoms with Crippen LogP contribution in [-0.2, 0) is 5.88 Å². The van der Waals surface area contributed by atoms with Gasteiger partial charge in [-0.15, -0.1) is 11.6 Å². The van der Waals surface area contributed by atoms with E-state index in [1.165, 1.54) is 6.42 Å². The van der Waals surface area contributed by atoms with E-state index in [2.05, 4.69) is 29.8 Å². The van der Waals surface area contributed by atoms with Gasteiger partial charge in [-0.1, -0.05) is 13.8 Å². The van der Waals surface area contributed by atoms with Crippen LogP contribution in [0, 0.1) is 5.41 Å². The van der Waals surface area contributed by atoms with Crippen LogP contribution < -0.4 is 4.90 Å². The van der Waals surface area contributed by atoms with Crippen molar-refractivity contribution in [3.63, 3.8) is 0 Å². The van der Waals surface area contributed by atoms with Crippen LogP contribution in [0.3, 0.4) is 0 Å². The van der Waals surface area contributed by atoms with Crippen molar-refractivity contribution in [2.24, 2.45) is 5.41 Å². The minimum atomic E-state index is 0.415. The normalized spacial score (nSPS) is 19.5. The summed E-state index contributed by atoms with van der Waals surface area (Å²) in [6, 6.07) is 4.06. The Morgan fingerprint density at radius 3 is 2.93 bits per heavy atom. The molecule has 0 unspecified atom stereocenters. The van der Waals surface area contributed by atoms with Crippen LogP contribution in [-0.4, -0.2) is 18.1 Å². The number of hydrogen-bond acceptors (Lipinski definition) is 2. The number of halogens is 1. The molecule has 0 aromatic carbocycles. The van der Waals surface area contributed by atoms with Gasteiger partial charge in [0.25, 0.3) is 0 Å². The minimum Gasteiger partial charge on any atom is -0.356 e. The van der Waals surface area contributed by atoms with Gasteiger partial charge in [-0.2, -0.15) is 0 Å². The van der Waals surface area contributed by atoms with Crippen molar-refractivity contribution in [3.8, 4) is 0 Å². The van der Waals surface area contributed by atoms with Gasteiger partial charge >= 0.3 is 0 Å². The summed E-state index contributed by atoms with van der Waals surface area (Å²) in [4.78, 5) is 6.75. The standard InChI is InChI=1S/C12H17ClN2/c1-12(2)4-6-15(9-12)11-7-10(8-13)3-5-14-11/h3,5,7H,4,6,8-9H2,1-2H3. The van der Waals surface area contributed by atoms with E-state index in [1.54, 1.807) is 0 Å². The highest BCUT2D eigenvalue weighted by Crippen LogP contribution is 2.31. The summed E-state index contributed by atoms with van der Waals surface area (Å²) in [5, 5.41) is 0. The summed E-state index contributed by atoms with van der Waals surface area (Å²) < 4.78 is 0. The molecule has 3 heteroatoms. The zero-order valence-electron chi connectivity index (χ0n) is 9.33. The fraction of sp³-hybridized carbons (Fsp3) is 0.583. The average molecular weight is 225 g/mol. The van der Waals surface area contributed by atoms with Crippen LogP contribution in [0.25, 0.3) is 0 Å². The molecular weight excluding hydrogens is 208 g/mol. The molecular formula is C12H17ClN2. The lowest BCUT2D eigenvalue weighted by molar-refractivity contribution is 0.418. The molecule has 1 aromatic heterocycles. The molecule has 1 aliphatic heterocycles. The van der Waals surface area contributed by atoms with Crippen molar-refractivity contribution in [2.75, 3.05) is 18.0 Å². The molecule has 0 atom stereocenters. The SMILES string of the molecule is CC1(C)CCN(c2cc(CCl)ccn2)C1. The first-order valence-corrected chi connectivity index (χ1v) is 5.90. The van der Waals surface area contributed by atoms with E-state index < -0.39 is 0 Å². The van der Waals surface area contributed by atoms with Crippen molar-refractivity contribution in [2.45, 2.75) is 26.1 Å². The molecule has 82 valence electrons. The number of alkyl halides is 1. The fourth-order valence-electron chi connectivity index (χ4n) is 2.02. The molecule has 1 fully saturated rings. The number of pyridine rings is 1. The number of aromatic nitrogens is 1. The van der Waals surface area contributed by atoms with Crippen molar-refractivity contribution < 1.29 is 0 Å². The van der Waals surface area contributed by atoms with Gasteiger partial charge in [0.15, 0.2) is 0 Å². The molecule has 1 aliphatic rings. The summed E-state index contributed by atoms with van der Waals surface area (Å²) in [5.41, 5.74) is 1.56. The Hall–Kier alpha value is -0.760. The zero-order chi connectivity index (χ0) is 10.9. The van der Waals surface area contributed by atoms with Gasteiger partial charge < -0.3 is 4.90 Å². The van der Waals surface area contributed by atoms with Gasteiger partial charge in [-0.05, 0) is 29.5 Å². The Labute approximate surface area is 96.3 Å². The van der Waals surface area contributed by atoms with Crippen LogP contribution in [0.15, 0.2) is 18.3 Å². The molecule has 0 aliphatic carbocycles. The van der Waals surface area contributed by atoms with Crippen molar-refractivity contribution >= 4 is 17.4 Å². The third kappa shape index (κ3) is 2.43. The first-order chi connectivity index (χ1) is 7.11. The molecule has 0 radical (unpaired) electrons. The quantitative estimate of drug-likeness (QED) is 0.718. The highest BCUT2D eigenvalue weighted by atomic mass is 35.5. The van der Waals surface area contributed by atoms with E-state index >= 15 is 0 Å². The molecule has 2 heterocycles. The van der Waals surface area contributed by atoms with E-state index in [1.807, 2.05) is 12.3 Å². The van der Waals surface area contributed by atoms with E-state index in [0.717, 1.165) is 24.5 Å². The summed E-state index contributed by atoms with van der Waals surface area (Å²) >= 11 is 5.82. The Morgan fingerprint density at radius 2 is 2.33 bits per heavy atom. The molecule has 2 rings (SSSR count). The highest BCUT2D eigenvalue weighted by Gasteiger charge is 2.29. The third-order valence-electron chi connectivity index (χ3n) is 2.97. The Kier molecular flexibility index (Phi) is 2.87. The van der Waals surface area contributed by atoms with Gasteiger partial charge in [0.1, 0.15) is 5.82 Å². The molecule has 1 saturated heterocycles. The maximum absolute atomic E-state index is 5.82. The lowest BCUT2D eigenvalue weighted by Crippen LogP contribution is -2.23. The van der Waals surface area contributed by atoms with Gasteiger partial charge in [-0.25, -0.2) is 4.98 Å². The maximum atomic E-state index is 5.82. The summed E-state index contributed by atoms with van der Waals surface area (Å²) in [7, 11) is 0. The Bertz CT molecular complexity index is 349. The largest absolute Gasteiger partial charge is 0.356 e. The van der Waals surface area contributed by atoms with Crippen LogP contribution in [0.2, 0.25) is 0 Å². The Morgan fingerprint density at radius 1 is 1.53 bits per heavy atom. The average Bonchev–Trinajstić information content (AvgIpc) is 2.59. The second-order valence-electron chi connectivity index (χ2n) is 4.99. The fourth-order valence-corrected chi connectivity index (χ4v) is 2.19. The predicted octanol–water partition coefficient (Wildman–Crippen LogP) is 3.06. The van der Waals surface area contributed by atoms with Crippen LogP contribution >= 0.6 is 11.6 Å². The lowest BCUT2D eigenvalue weighted by Gasteiger charge is -2.20. The number of rotatable bonds is 2. The van der Waals surface area contributed by atoms with Crippen LogP contribution in [0.5, 0.6) is 0 Å². The van der Waals surface area contributed by atoms with Crippen molar-refractivity contribution in [1.29, 1.82) is 0 Å². The monoisotopic (exact) mass is 224 g/mol. The van der Waals surface area contributed by atoms with Crippen molar-refractivity contribution in [3.05, 3.63) is 23.9 Å². The lowest BCUT2D eigenvalue weighted by atomic mass is 9.93. The molecule has 15 heavy (non-hydrogen) atoms. The van der Waals surface area contributed by atoms with E-state index in [4.69, 9.17) is 11.6 Å². The minimum absolute atomic E-state index is 0.415. The number of anilines is 1. The van der Waals surface area contributed by atoms with E-state index in [-0.39, 0.29) is 0 Å². The van der Waals surface area contributed by atoms with Gasteiger partial charge in [-0.3, -0.25) is 0 Å². The van der Waals surface area contributed by atoms with E-state index in [0.29, 0.717) is 11.3 Å². The van der Waals surface area contributed by atoms with Crippen molar-refractivity contribution in [1.82, 2.24) is 4.98 Å². The van der Waals surface area contributed by atoms with Gasteiger partial charge in [0.2, 0.25) is 0 Å². The first kappa shape index (κ1) is 10.7. The number of nitrogens with zero attached hydrogens (tertiary/aromatic N) is 2. The third-order valence-corrected chi connectivity index (χ3v) is 3.27. The van der Waals surface area contributed by atoms with E-state index in [9.17, 15) is 0 Å². The number of hydrogen-bond donors (Lipinski definition) is 0. The van der Waals surface area contributed by atoms with Crippen LogP contribution in [0.1, 0.15) is 25.8 Å². The molecule has 0 amide bonds. The summed E-state index contributed by atoms with van der Waals surface area (Å²) in [5.74, 6) is 1.63. The predicted molar refractivity (Wildman–Crippen MR) is 64.4 cm³/mol. The molecule has 2 nitrogen and oxygen atoms in total. The second-order valence-corrected chi connectivity index (χ2v) is 5.26. The molecule has 0 spiro atoms. The molecule has 0 saturated carbocycles. The molecule has 0 N–H and O–H groups in total. The second kappa shape index (κ2) is 4.01. The van der Waals surface area contributed by atoms with Gasteiger partial charge in [0.05, 0.1) is 0 Å². The summed E-state index contributed by atoms with van der Waals surface area (Å²) in [6.45, 7) is 6.80. The zero-order valence-corrected chi connectivity index (χ0v) is 10.1. The smallest absolute Gasteiger partial charge is 0.128 e. The first-order valence-electron chi connectivity index (χ1n) is 5.37. The Balaban J connectivity index is 2.16. The highest BCUT2D eigenvalue weighted by molar-refractivity contribution is 6.17. The molecule has 0 bridgehead atoms. The van der Waals surface area contributed by atoms with Crippen LogP contribution in [0.4, 0.5) is 5.82 Å². The topological polar surface area (TPSA) is 16.1 Å². The maximum Gasteiger partial charge on any atom is 0.128 e. The summed E-state index contributed by atoms with van der Waals surface area (Å²) in [6.07, 6.45) is 3.08. The van der Waals surface area contributed by atoms with Gasteiger partial charge in [0, 0.05) is 25.2 Å².